The summed E-state index contributed by atoms with van der Waals surface area (Å²) < 4.78 is 5.73. The lowest BCUT2D eigenvalue weighted by atomic mass is 9.73. The van der Waals surface area contributed by atoms with Crippen molar-refractivity contribution in [3.8, 4) is 10.4 Å². The molecule has 2 N–H and O–H groups in total. The predicted molar refractivity (Wildman–Crippen MR) is 138 cm³/mol. The number of hydrogen-bond acceptors (Lipinski definition) is 6. The average molecular weight is 477 g/mol. The Kier molecular flexibility index (Phi) is 7.11. The molecule has 0 aliphatic carbocycles. The quantitative estimate of drug-likeness (QED) is 0.377. The van der Waals surface area contributed by atoms with Crippen molar-refractivity contribution in [2.75, 3.05) is 43.4 Å². The molecule has 3 aliphatic heterocycles. The van der Waals surface area contributed by atoms with Crippen molar-refractivity contribution < 1.29 is 9.53 Å². The van der Waals surface area contributed by atoms with Crippen molar-refractivity contribution in [2.24, 2.45) is 5.41 Å². The number of anilines is 2. The van der Waals surface area contributed by atoms with Gasteiger partial charge < -0.3 is 15.0 Å². The van der Waals surface area contributed by atoms with Gasteiger partial charge in [0.05, 0.1) is 11.5 Å². The lowest BCUT2D eigenvalue weighted by molar-refractivity contribution is -0.0190. The van der Waals surface area contributed by atoms with Crippen LogP contribution in [0, 0.1) is 5.41 Å². The van der Waals surface area contributed by atoms with E-state index in [1.807, 2.05) is 36.4 Å². The molecule has 3 aliphatic rings. The number of hydrogen-bond donors (Lipinski definition) is 2. The van der Waals surface area contributed by atoms with Crippen LogP contribution < -0.4 is 10.6 Å². The van der Waals surface area contributed by atoms with Crippen LogP contribution in [0.25, 0.3) is 10.4 Å². The smallest absolute Gasteiger partial charge is 0.412 e. The molecule has 0 atom stereocenters. The number of rotatable bonds is 9. The van der Waals surface area contributed by atoms with E-state index in [-0.39, 0.29) is 5.41 Å². The maximum Gasteiger partial charge on any atom is 0.412 e. The van der Waals surface area contributed by atoms with Crippen molar-refractivity contribution in [2.45, 2.75) is 32.1 Å². The second-order valence-corrected chi connectivity index (χ2v) is 10.4. The third kappa shape index (κ3) is 5.59. The number of amides is 1. The van der Waals surface area contributed by atoms with Crippen molar-refractivity contribution in [3.05, 3.63) is 66.2 Å². The van der Waals surface area contributed by atoms with Crippen molar-refractivity contribution in [3.63, 3.8) is 0 Å². The van der Waals surface area contributed by atoms with Crippen LogP contribution in [-0.2, 0) is 11.2 Å². The molecule has 34 heavy (non-hydrogen) atoms. The van der Waals surface area contributed by atoms with Crippen molar-refractivity contribution >= 4 is 28.4 Å². The standard InChI is InChI=1S/C27H32N4O2S/c32-26(33-20-27-13-17-31(18-14-27)19-15-27)30-24-23(22-11-5-2-6-12-22)34-25(29-24)28-16-7-10-21-8-3-1-4-9-21/h1-6,8-9,11-12H,7,10,13-20H2,(H,28,29)(H,30,32). The molecule has 2 bridgehead atoms. The van der Waals surface area contributed by atoms with Gasteiger partial charge in [-0.3, -0.25) is 5.32 Å². The zero-order chi connectivity index (χ0) is 23.2. The second-order valence-electron chi connectivity index (χ2n) is 9.37. The van der Waals surface area contributed by atoms with Crippen LogP contribution in [0.5, 0.6) is 0 Å². The monoisotopic (exact) mass is 476 g/mol. The molecule has 3 aromatic rings. The summed E-state index contributed by atoms with van der Waals surface area (Å²) in [7, 11) is 0. The molecule has 0 radical (unpaired) electrons. The number of carbonyl (C=O) groups excluding carboxylic acids is 1. The molecule has 0 saturated carbocycles. The Hall–Kier alpha value is -2.90. The minimum absolute atomic E-state index is 0.155. The first-order valence-corrected chi connectivity index (χ1v) is 13.0. The van der Waals surface area contributed by atoms with Crippen LogP contribution in [0.3, 0.4) is 0 Å². The first-order valence-electron chi connectivity index (χ1n) is 12.2. The Balaban J connectivity index is 1.21. The minimum Gasteiger partial charge on any atom is -0.449 e. The van der Waals surface area contributed by atoms with Crippen LogP contribution in [0.15, 0.2) is 60.7 Å². The summed E-state index contributed by atoms with van der Waals surface area (Å²) in [4.78, 5) is 20.9. The number of aromatic nitrogens is 1. The number of nitrogens with zero attached hydrogens (tertiary/aromatic N) is 2. The van der Waals surface area contributed by atoms with Gasteiger partial charge in [0.1, 0.15) is 0 Å². The van der Waals surface area contributed by atoms with Crippen molar-refractivity contribution in [1.82, 2.24) is 9.88 Å². The van der Waals surface area contributed by atoms with E-state index in [1.165, 1.54) is 5.56 Å². The summed E-state index contributed by atoms with van der Waals surface area (Å²) in [5, 5.41) is 7.17. The summed E-state index contributed by atoms with van der Waals surface area (Å²) in [6.45, 7) is 4.67. The molecule has 3 fully saturated rings. The molecule has 6 rings (SSSR count). The molecule has 7 heteroatoms. The van der Waals surface area contributed by atoms with Crippen molar-refractivity contribution in [1.29, 1.82) is 0 Å². The zero-order valence-corrected chi connectivity index (χ0v) is 20.3. The highest BCUT2D eigenvalue weighted by Crippen LogP contribution is 2.40. The number of piperidine rings is 3. The lowest BCUT2D eigenvalue weighted by Crippen LogP contribution is -2.50. The molecule has 6 nitrogen and oxygen atoms in total. The average Bonchev–Trinajstić information content (AvgIpc) is 3.30. The Morgan fingerprint density at radius 1 is 1.00 bits per heavy atom. The van der Waals surface area contributed by atoms with Gasteiger partial charge in [0.15, 0.2) is 10.9 Å². The van der Waals surface area contributed by atoms with Gasteiger partial charge in [0, 0.05) is 12.0 Å². The lowest BCUT2D eigenvalue weighted by Gasteiger charge is -2.47. The van der Waals surface area contributed by atoms with Crippen LogP contribution in [0.4, 0.5) is 15.7 Å². The van der Waals surface area contributed by atoms with E-state index in [2.05, 4.69) is 39.8 Å². The first kappa shape index (κ1) is 22.9. The second kappa shape index (κ2) is 10.6. The Morgan fingerprint density at radius 3 is 2.38 bits per heavy atom. The molecule has 3 saturated heterocycles. The number of aryl methyl sites for hydroxylation is 1. The zero-order valence-electron chi connectivity index (χ0n) is 19.5. The van der Waals surface area contributed by atoms with Crippen LogP contribution in [0.1, 0.15) is 31.2 Å². The number of nitrogens with one attached hydrogen (secondary N) is 2. The predicted octanol–water partition coefficient (Wildman–Crippen LogP) is 5.89. The SMILES string of the molecule is O=C(Nc1nc(NCCCc2ccccc2)sc1-c1ccccc1)OCC12CCN(CC1)CC2. The summed E-state index contributed by atoms with van der Waals surface area (Å²) in [5.41, 5.74) is 2.52. The third-order valence-electron chi connectivity index (χ3n) is 7.03. The van der Waals surface area contributed by atoms with E-state index in [4.69, 9.17) is 9.72 Å². The van der Waals surface area contributed by atoms with E-state index in [0.29, 0.717) is 12.4 Å². The highest BCUT2D eigenvalue weighted by atomic mass is 32.1. The molecular formula is C27H32N4O2S. The highest BCUT2D eigenvalue weighted by Gasteiger charge is 2.40. The van der Waals surface area contributed by atoms with Crippen LogP contribution >= 0.6 is 11.3 Å². The first-order chi connectivity index (χ1) is 16.7. The number of benzene rings is 2. The van der Waals surface area contributed by atoms with Gasteiger partial charge in [-0.2, -0.15) is 0 Å². The molecule has 1 aromatic heterocycles. The minimum atomic E-state index is -0.416. The summed E-state index contributed by atoms with van der Waals surface area (Å²) in [5.74, 6) is 0.558. The fourth-order valence-electron chi connectivity index (χ4n) is 4.86. The van der Waals surface area contributed by atoms with Gasteiger partial charge in [-0.15, -0.1) is 0 Å². The van der Waals surface area contributed by atoms with Crippen LogP contribution in [-0.4, -0.2) is 48.8 Å². The number of carbonyl (C=O) groups is 1. The van der Waals surface area contributed by atoms with E-state index < -0.39 is 6.09 Å². The molecule has 0 spiro atoms. The molecular weight excluding hydrogens is 444 g/mol. The Bertz CT molecular complexity index is 1060. The summed E-state index contributed by atoms with van der Waals surface area (Å²) >= 11 is 1.56. The molecule has 178 valence electrons. The Labute approximate surface area is 205 Å². The van der Waals surface area contributed by atoms with Gasteiger partial charge in [0.25, 0.3) is 0 Å². The van der Waals surface area contributed by atoms with Gasteiger partial charge >= 0.3 is 6.09 Å². The fraction of sp³-hybridized carbons (Fsp3) is 0.407. The summed E-state index contributed by atoms with van der Waals surface area (Å²) in [6.07, 6.45) is 4.95. The maximum absolute atomic E-state index is 12.7. The van der Waals surface area contributed by atoms with Gasteiger partial charge in [-0.1, -0.05) is 72.0 Å². The topological polar surface area (TPSA) is 66.5 Å². The Morgan fingerprint density at radius 2 is 1.68 bits per heavy atom. The molecule has 4 heterocycles. The molecule has 2 aromatic carbocycles. The van der Waals surface area contributed by atoms with E-state index in [9.17, 15) is 4.79 Å². The highest BCUT2D eigenvalue weighted by molar-refractivity contribution is 7.19. The van der Waals surface area contributed by atoms with Crippen LogP contribution in [0.2, 0.25) is 0 Å². The normalized spacial score (nSPS) is 21.2. The number of fused-ring (bicyclic) bond motifs is 3. The van der Waals surface area contributed by atoms with E-state index in [1.54, 1.807) is 11.3 Å². The third-order valence-corrected chi connectivity index (χ3v) is 8.09. The number of thiazole rings is 1. The molecule has 1 amide bonds. The summed E-state index contributed by atoms with van der Waals surface area (Å²) in [6, 6.07) is 20.6. The number of ether oxygens (including phenoxy) is 1. The van der Waals surface area contributed by atoms with Gasteiger partial charge in [0.2, 0.25) is 0 Å². The largest absolute Gasteiger partial charge is 0.449 e. The van der Waals surface area contributed by atoms with Gasteiger partial charge in [-0.05, 0) is 62.9 Å². The van der Waals surface area contributed by atoms with E-state index >= 15 is 0 Å². The molecule has 0 unspecified atom stereocenters. The van der Waals surface area contributed by atoms with Gasteiger partial charge in [-0.25, -0.2) is 9.78 Å². The van der Waals surface area contributed by atoms with E-state index in [0.717, 1.165) is 73.9 Å². The maximum atomic E-state index is 12.7. The fourth-order valence-corrected chi connectivity index (χ4v) is 5.81.